The van der Waals surface area contributed by atoms with Crippen LogP contribution in [0.2, 0.25) is 0 Å². The molecular formula is C20H17N3O2. The molecule has 2 amide bonds. The minimum Gasteiger partial charge on any atom is -0.322 e. The van der Waals surface area contributed by atoms with Crippen molar-refractivity contribution in [2.45, 2.75) is 0 Å². The summed E-state index contributed by atoms with van der Waals surface area (Å²) >= 11 is 0. The Balaban J connectivity index is 1.79. The Hall–Kier alpha value is -3.47. The van der Waals surface area contributed by atoms with Crippen LogP contribution in [-0.4, -0.2) is 23.8 Å². The van der Waals surface area contributed by atoms with E-state index in [0.717, 1.165) is 5.69 Å². The minimum atomic E-state index is -0.310. The van der Waals surface area contributed by atoms with E-state index in [1.807, 2.05) is 48.5 Å². The van der Waals surface area contributed by atoms with E-state index in [9.17, 15) is 9.59 Å². The van der Waals surface area contributed by atoms with Crippen molar-refractivity contribution in [2.24, 2.45) is 0 Å². The molecule has 0 radical (unpaired) electrons. The van der Waals surface area contributed by atoms with Crippen LogP contribution in [0.25, 0.3) is 0 Å². The average molecular weight is 331 g/mol. The maximum absolute atomic E-state index is 12.6. The van der Waals surface area contributed by atoms with Crippen molar-refractivity contribution in [3.63, 3.8) is 0 Å². The second-order valence-corrected chi connectivity index (χ2v) is 5.48. The van der Waals surface area contributed by atoms with Crippen LogP contribution in [0.4, 0.5) is 11.4 Å². The number of hydrogen-bond donors (Lipinski definition) is 1. The molecule has 0 fully saturated rings. The molecule has 5 nitrogen and oxygen atoms in total. The van der Waals surface area contributed by atoms with Gasteiger partial charge in [-0.15, -0.1) is 0 Å². The first-order valence-corrected chi connectivity index (χ1v) is 7.80. The lowest BCUT2D eigenvalue weighted by molar-refractivity contribution is 0.0992. The lowest BCUT2D eigenvalue weighted by Crippen LogP contribution is -2.26. The van der Waals surface area contributed by atoms with Gasteiger partial charge in [-0.1, -0.05) is 36.4 Å². The molecule has 2 aromatic carbocycles. The summed E-state index contributed by atoms with van der Waals surface area (Å²) in [7, 11) is 1.69. The zero-order valence-electron chi connectivity index (χ0n) is 13.7. The lowest BCUT2D eigenvalue weighted by Gasteiger charge is -2.17. The number of carbonyl (C=O) groups is 2. The highest BCUT2D eigenvalue weighted by Gasteiger charge is 2.16. The number of pyridine rings is 1. The van der Waals surface area contributed by atoms with Gasteiger partial charge in [-0.05, 0) is 30.3 Å². The molecule has 3 aromatic rings. The third-order valence-corrected chi connectivity index (χ3v) is 3.73. The summed E-state index contributed by atoms with van der Waals surface area (Å²) in [5, 5.41) is 2.78. The molecule has 3 rings (SSSR count). The zero-order chi connectivity index (χ0) is 17.6. The van der Waals surface area contributed by atoms with Gasteiger partial charge in [-0.3, -0.25) is 14.6 Å². The number of nitrogens with one attached hydrogen (secondary N) is 1. The fraction of sp³-hybridized carbons (Fsp3) is 0.0500. The van der Waals surface area contributed by atoms with Gasteiger partial charge in [0.1, 0.15) is 0 Å². The third-order valence-electron chi connectivity index (χ3n) is 3.73. The Morgan fingerprint density at radius 3 is 2.16 bits per heavy atom. The Kier molecular flexibility index (Phi) is 4.85. The summed E-state index contributed by atoms with van der Waals surface area (Å²) in [6.45, 7) is 0. The first kappa shape index (κ1) is 16.4. The van der Waals surface area contributed by atoms with Gasteiger partial charge in [-0.2, -0.15) is 0 Å². The van der Waals surface area contributed by atoms with E-state index >= 15 is 0 Å². The van der Waals surface area contributed by atoms with Crippen molar-refractivity contribution in [3.8, 4) is 0 Å². The molecular weight excluding hydrogens is 314 g/mol. The van der Waals surface area contributed by atoms with Gasteiger partial charge in [0, 0.05) is 30.8 Å². The van der Waals surface area contributed by atoms with Crippen molar-refractivity contribution >= 4 is 23.2 Å². The normalized spacial score (nSPS) is 10.1. The SMILES string of the molecule is CN(C(=O)c1cncc(C(=O)Nc2ccccc2)c1)c1ccccc1. The van der Waals surface area contributed by atoms with Gasteiger partial charge in [0.2, 0.25) is 0 Å². The summed E-state index contributed by atoms with van der Waals surface area (Å²) < 4.78 is 0. The quantitative estimate of drug-likeness (QED) is 0.794. The van der Waals surface area contributed by atoms with Crippen molar-refractivity contribution < 1.29 is 9.59 Å². The van der Waals surface area contributed by atoms with Crippen LogP contribution in [0, 0.1) is 0 Å². The number of hydrogen-bond acceptors (Lipinski definition) is 3. The molecule has 0 aliphatic heterocycles. The van der Waals surface area contributed by atoms with Crippen LogP contribution in [0.3, 0.4) is 0 Å². The molecule has 0 saturated heterocycles. The highest BCUT2D eigenvalue weighted by molar-refractivity contribution is 6.09. The van der Waals surface area contributed by atoms with Gasteiger partial charge in [0.25, 0.3) is 11.8 Å². The number of aromatic nitrogens is 1. The van der Waals surface area contributed by atoms with E-state index in [1.165, 1.54) is 17.3 Å². The van der Waals surface area contributed by atoms with Gasteiger partial charge in [-0.25, -0.2) is 0 Å². The molecule has 0 aliphatic carbocycles. The molecule has 1 heterocycles. The standard InChI is InChI=1S/C20H17N3O2/c1-23(18-10-6-3-7-11-18)20(25)16-12-15(13-21-14-16)19(24)22-17-8-4-2-5-9-17/h2-14H,1H3,(H,22,24). The van der Waals surface area contributed by atoms with E-state index in [-0.39, 0.29) is 11.8 Å². The Labute approximate surface area is 145 Å². The van der Waals surface area contributed by atoms with Crippen molar-refractivity contribution in [1.82, 2.24) is 4.98 Å². The number of carbonyl (C=O) groups excluding carboxylic acids is 2. The van der Waals surface area contributed by atoms with E-state index in [0.29, 0.717) is 16.8 Å². The summed E-state index contributed by atoms with van der Waals surface area (Å²) in [5.74, 6) is -0.538. The number of anilines is 2. The second-order valence-electron chi connectivity index (χ2n) is 5.48. The minimum absolute atomic E-state index is 0.229. The fourth-order valence-electron chi connectivity index (χ4n) is 2.37. The predicted octanol–water partition coefficient (Wildman–Crippen LogP) is 3.61. The van der Waals surface area contributed by atoms with Gasteiger partial charge in [0.05, 0.1) is 11.1 Å². The molecule has 25 heavy (non-hydrogen) atoms. The summed E-state index contributed by atoms with van der Waals surface area (Å²) in [5.41, 5.74) is 2.14. The van der Waals surface area contributed by atoms with E-state index in [1.54, 1.807) is 25.2 Å². The van der Waals surface area contributed by atoms with Crippen LogP contribution in [0.15, 0.2) is 79.1 Å². The van der Waals surface area contributed by atoms with Crippen molar-refractivity contribution in [2.75, 3.05) is 17.3 Å². The monoisotopic (exact) mass is 331 g/mol. The Bertz CT molecular complexity index is 880. The van der Waals surface area contributed by atoms with Crippen LogP contribution < -0.4 is 10.2 Å². The number of para-hydroxylation sites is 2. The topological polar surface area (TPSA) is 62.3 Å². The molecule has 0 bridgehead atoms. The largest absolute Gasteiger partial charge is 0.322 e. The van der Waals surface area contributed by atoms with Gasteiger partial charge < -0.3 is 10.2 Å². The Morgan fingerprint density at radius 2 is 1.48 bits per heavy atom. The first-order chi connectivity index (χ1) is 12.1. The summed E-state index contributed by atoms with van der Waals surface area (Å²) in [6, 6.07) is 20.0. The zero-order valence-corrected chi connectivity index (χ0v) is 13.7. The van der Waals surface area contributed by atoms with Crippen molar-refractivity contribution in [3.05, 3.63) is 90.3 Å². The number of amides is 2. The van der Waals surface area contributed by atoms with E-state index in [4.69, 9.17) is 0 Å². The maximum atomic E-state index is 12.6. The fourth-order valence-corrected chi connectivity index (χ4v) is 2.37. The molecule has 0 unspecified atom stereocenters. The van der Waals surface area contributed by atoms with Gasteiger partial charge in [0.15, 0.2) is 0 Å². The van der Waals surface area contributed by atoms with E-state index < -0.39 is 0 Å². The highest BCUT2D eigenvalue weighted by Crippen LogP contribution is 2.16. The number of nitrogens with zero attached hydrogens (tertiary/aromatic N) is 2. The molecule has 1 N–H and O–H groups in total. The second kappa shape index (κ2) is 7.40. The summed E-state index contributed by atoms with van der Waals surface area (Å²) in [6.07, 6.45) is 2.90. The highest BCUT2D eigenvalue weighted by atomic mass is 16.2. The van der Waals surface area contributed by atoms with E-state index in [2.05, 4.69) is 10.3 Å². The molecule has 0 spiro atoms. The average Bonchev–Trinajstić information content (AvgIpc) is 2.68. The number of benzene rings is 2. The maximum Gasteiger partial charge on any atom is 0.259 e. The number of rotatable bonds is 4. The van der Waals surface area contributed by atoms with Crippen LogP contribution in [0.5, 0.6) is 0 Å². The van der Waals surface area contributed by atoms with Gasteiger partial charge >= 0.3 is 0 Å². The third kappa shape index (κ3) is 3.90. The molecule has 5 heteroatoms. The first-order valence-electron chi connectivity index (χ1n) is 7.80. The van der Waals surface area contributed by atoms with Crippen molar-refractivity contribution in [1.29, 1.82) is 0 Å². The van der Waals surface area contributed by atoms with Crippen LogP contribution in [-0.2, 0) is 0 Å². The van der Waals surface area contributed by atoms with Crippen LogP contribution >= 0.6 is 0 Å². The molecule has 0 aliphatic rings. The van der Waals surface area contributed by atoms with Crippen LogP contribution in [0.1, 0.15) is 20.7 Å². The molecule has 0 saturated carbocycles. The smallest absolute Gasteiger partial charge is 0.259 e. The lowest BCUT2D eigenvalue weighted by atomic mass is 10.1. The Morgan fingerprint density at radius 1 is 0.880 bits per heavy atom. The summed E-state index contributed by atoms with van der Waals surface area (Å²) in [4.78, 5) is 30.5. The molecule has 1 aromatic heterocycles. The molecule has 0 atom stereocenters. The molecule has 124 valence electrons. The predicted molar refractivity (Wildman–Crippen MR) is 97.8 cm³/mol.